The van der Waals surface area contributed by atoms with Crippen molar-refractivity contribution in [2.75, 3.05) is 19.6 Å². The molecule has 7 nitrogen and oxygen atoms in total. The van der Waals surface area contributed by atoms with Gasteiger partial charge in [0.2, 0.25) is 5.91 Å². The van der Waals surface area contributed by atoms with Gasteiger partial charge in [-0.05, 0) is 18.2 Å². The first-order chi connectivity index (χ1) is 9.61. The van der Waals surface area contributed by atoms with Gasteiger partial charge in [0.1, 0.15) is 0 Å². The van der Waals surface area contributed by atoms with Crippen molar-refractivity contribution in [3.63, 3.8) is 0 Å². The van der Waals surface area contributed by atoms with Crippen LogP contribution in [0.2, 0.25) is 0 Å². The highest BCUT2D eigenvalue weighted by Crippen LogP contribution is 2.04. The van der Waals surface area contributed by atoms with Crippen molar-refractivity contribution < 1.29 is 14.4 Å². The van der Waals surface area contributed by atoms with Crippen LogP contribution in [0.4, 0.5) is 4.79 Å². The molecule has 1 saturated heterocycles. The molecule has 4 amide bonds. The lowest BCUT2D eigenvalue weighted by atomic mass is 10.1. The van der Waals surface area contributed by atoms with Gasteiger partial charge in [0, 0.05) is 18.7 Å². The number of nitriles is 1. The molecule has 0 radical (unpaired) electrons. The van der Waals surface area contributed by atoms with Gasteiger partial charge in [0.05, 0.1) is 18.2 Å². The summed E-state index contributed by atoms with van der Waals surface area (Å²) >= 11 is 0. The molecule has 2 N–H and O–H groups in total. The normalized spacial score (nSPS) is 13.8. The minimum atomic E-state index is -0.448. The lowest BCUT2D eigenvalue weighted by molar-refractivity contribution is -0.124. The second-order valence-electron chi connectivity index (χ2n) is 4.15. The number of urea groups is 1. The first kappa shape index (κ1) is 13.5. The summed E-state index contributed by atoms with van der Waals surface area (Å²) in [6.07, 6.45) is 0. The summed E-state index contributed by atoms with van der Waals surface area (Å²) in [4.78, 5) is 35.4. The summed E-state index contributed by atoms with van der Waals surface area (Å²) in [5.74, 6) is -0.662. The third-order valence-electron chi connectivity index (χ3n) is 2.81. The van der Waals surface area contributed by atoms with Gasteiger partial charge in [0.15, 0.2) is 0 Å². The number of carbonyl (C=O) groups is 3. The first-order valence-electron chi connectivity index (χ1n) is 5.98. The molecule has 1 aromatic rings. The van der Waals surface area contributed by atoms with E-state index in [2.05, 4.69) is 10.6 Å². The molecular weight excluding hydrogens is 260 g/mol. The topological polar surface area (TPSA) is 102 Å². The molecule has 1 aromatic carbocycles. The van der Waals surface area contributed by atoms with E-state index in [0.717, 1.165) is 4.90 Å². The smallest absolute Gasteiger partial charge is 0.324 e. The van der Waals surface area contributed by atoms with E-state index in [1.54, 1.807) is 18.2 Å². The largest absolute Gasteiger partial charge is 0.350 e. The van der Waals surface area contributed by atoms with E-state index >= 15 is 0 Å². The second kappa shape index (κ2) is 5.84. The van der Waals surface area contributed by atoms with Gasteiger partial charge in [-0.25, -0.2) is 4.79 Å². The van der Waals surface area contributed by atoms with Crippen molar-refractivity contribution in [1.29, 1.82) is 5.26 Å². The summed E-state index contributed by atoms with van der Waals surface area (Å²) in [5, 5.41) is 13.7. The van der Waals surface area contributed by atoms with Crippen LogP contribution in [-0.2, 0) is 4.79 Å². The van der Waals surface area contributed by atoms with Crippen molar-refractivity contribution in [1.82, 2.24) is 15.5 Å². The van der Waals surface area contributed by atoms with E-state index in [9.17, 15) is 14.4 Å². The van der Waals surface area contributed by atoms with E-state index in [-0.39, 0.29) is 31.4 Å². The molecule has 1 aliphatic rings. The molecule has 102 valence electrons. The lowest BCUT2D eigenvalue weighted by Crippen LogP contribution is -2.38. The van der Waals surface area contributed by atoms with Crippen molar-refractivity contribution in [2.24, 2.45) is 0 Å². The molecule has 0 aliphatic carbocycles. The summed E-state index contributed by atoms with van der Waals surface area (Å²) in [7, 11) is 0. The van der Waals surface area contributed by atoms with Crippen LogP contribution in [0.5, 0.6) is 0 Å². The zero-order valence-electron chi connectivity index (χ0n) is 10.5. The van der Waals surface area contributed by atoms with Gasteiger partial charge in [-0.2, -0.15) is 5.26 Å². The van der Waals surface area contributed by atoms with Gasteiger partial charge in [0.25, 0.3) is 5.91 Å². The Morgan fingerprint density at radius 1 is 1.45 bits per heavy atom. The van der Waals surface area contributed by atoms with Crippen molar-refractivity contribution in [3.05, 3.63) is 35.4 Å². The fourth-order valence-electron chi connectivity index (χ4n) is 1.79. The van der Waals surface area contributed by atoms with Crippen LogP contribution in [0, 0.1) is 11.3 Å². The van der Waals surface area contributed by atoms with Gasteiger partial charge in [-0.15, -0.1) is 0 Å². The Balaban J connectivity index is 1.88. The molecule has 1 heterocycles. The second-order valence-corrected chi connectivity index (χ2v) is 4.15. The van der Waals surface area contributed by atoms with Crippen LogP contribution in [0.1, 0.15) is 15.9 Å². The van der Waals surface area contributed by atoms with Gasteiger partial charge in [-0.1, -0.05) is 6.07 Å². The van der Waals surface area contributed by atoms with Crippen molar-refractivity contribution in [3.8, 4) is 6.07 Å². The van der Waals surface area contributed by atoms with Crippen molar-refractivity contribution in [2.45, 2.75) is 0 Å². The third kappa shape index (κ3) is 2.92. The fraction of sp³-hybridized carbons (Fsp3) is 0.231. The molecule has 0 saturated carbocycles. The van der Waals surface area contributed by atoms with Crippen LogP contribution < -0.4 is 10.6 Å². The van der Waals surface area contributed by atoms with Crippen LogP contribution >= 0.6 is 0 Å². The predicted octanol–water partition coefficient (Wildman–Crippen LogP) is -0.160. The Labute approximate surface area is 115 Å². The Bertz CT molecular complexity index is 590. The summed E-state index contributed by atoms with van der Waals surface area (Å²) in [6.45, 7) is 0.278. The zero-order valence-corrected chi connectivity index (χ0v) is 10.5. The van der Waals surface area contributed by atoms with Crippen LogP contribution in [-0.4, -0.2) is 42.4 Å². The fourth-order valence-corrected chi connectivity index (χ4v) is 1.79. The number of nitrogens with zero attached hydrogens (tertiary/aromatic N) is 2. The standard InChI is InChI=1S/C13H12N4O3/c14-7-9-2-1-3-10(6-9)12(19)15-4-5-17-11(18)8-16-13(17)20/h1-3,6H,4-5,8H2,(H,15,19)(H,16,20). The number of carbonyl (C=O) groups excluding carboxylic acids is 3. The molecule has 0 spiro atoms. The van der Waals surface area contributed by atoms with Gasteiger partial charge >= 0.3 is 6.03 Å². The number of hydrogen-bond donors (Lipinski definition) is 2. The Morgan fingerprint density at radius 3 is 2.90 bits per heavy atom. The molecule has 20 heavy (non-hydrogen) atoms. The maximum atomic E-state index is 11.8. The highest BCUT2D eigenvalue weighted by Gasteiger charge is 2.27. The number of hydrogen-bond acceptors (Lipinski definition) is 4. The minimum absolute atomic E-state index is 0.00298. The molecule has 0 aromatic heterocycles. The highest BCUT2D eigenvalue weighted by molar-refractivity contribution is 6.02. The quantitative estimate of drug-likeness (QED) is 0.743. The Morgan fingerprint density at radius 2 is 2.25 bits per heavy atom. The van der Waals surface area contributed by atoms with Crippen LogP contribution in [0.3, 0.4) is 0 Å². The molecule has 0 atom stereocenters. The lowest BCUT2D eigenvalue weighted by Gasteiger charge is -2.12. The molecule has 1 aliphatic heterocycles. The summed E-state index contributed by atoms with van der Waals surface area (Å²) in [5.41, 5.74) is 0.757. The molecular formula is C13H12N4O3. The van der Waals surface area contributed by atoms with Gasteiger partial charge in [-0.3, -0.25) is 14.5 Å². The number of nitrogens with one attached hydrogen (secondary N) is 2. The van der Waals surface area contributed by atoms with E-state index in [4.69, 9.17) is 5.26 Å². The van der Waals surface area contributed by atoms with Crippen LogP contribution in [0.25, 0.3) is 0 Å². The summed E-state index contributed by atoms with van der Waals surface area (Å²) in [6, 6.07) is 7.78. The number of amides is 4. The van der Waals surface area contributed by atoms with E-state index in [1.807, 2.05) is 6.07 Å². The highest BCUT2D eigenvalue weighted by atomic mass is 16.2. The average Bonchev–Trinajstić information content (AvgIpc) is 2.79. The molecule has 2 rings (SSSR count). The minimum Gasteiger partial charge on any atom is -0.350 e. The zero-order chi connectivity index (χ0) is 14.5. The third-order valence-corrected chi connectivity index (χ3v) is 2.81. The average molecular weight is 272 g/mol. The van der Waals surface area contributed by atoms with E-state index in [1.165, 1.54) is 6.07 Å². The van der Waals surface area contributed by atoms with Gasteiger partial charge < -0.3 is 10.6 Å². The number of rotatable bonds is 4. The molecule has 1 fully saturated rings. The maximum absolute atomic E-state index is 11.8. The predicted molar refractivity (Wildman–Crippen MR) is 68.6 cm³/mol. The SMILES string of the molecule is N#Cc1cccc(C(=O)NCCN2C(=O)CNC2=O)c1. The number of benzene rings is 1. The van der Waals surface area contributed by atoms with E-state index in [0.29, 0.717) is 11.1 Å². The maximum Gasteiger partial charge on any atom is 0.324 e. The Kier molecular flexibility index (Phi) is 3.96. The summed E-state index contributed by atoms with van der Waals surface area (Å²) < 4.78 is 0. The van der Waals surface area contributed by atoms with E-state index < -0.39 is 6.03 Å². The molecule has 7 heteroatoms. The molecule has 0 unspecified atom stereocenters. The van der Waals surface area contributed by atoms with Crippen molar-refractivity contribution >= 4 is 17.8 Å². The monoisotopic (exact) mass is 272 g/mol. The van der Waals surface area contributed by atoms with Crippen LogP contribution in [0.15, 0.2) is 24.3 Å². The Hall–Kier alpha value is -2.88. The number of imide groups is 1. The first-order valence-corrected chi connectivity index (χ1v) is 5.98. The molecule has 0 bridgehead atoms.